The number of nitrogens with zero attached hydrogens (tertiary/aromatic N) is 5. The first kappa shape index (κ1) is 21.4. The summed E-state index contributed by atoms with van der Waals surface area (Å²) >= 11 is 0. The molecule has 0 bridgehead atoms. The highest BCUT2D eigenvalue weighted by Crippen LogP contribution is 2.60. The van der Waals surface area contributed by atoms with Gasteiger partial charge in [-0.3, -0.25) is 14.5 Å². The average Bonchev–Trinajstić information content (AvgIpc) is 3.39. The van der Waals surface area contributed by atoms with E-state index in [-0.39, 0.29) is 17.2 Å². The number of carbonyl (C=O) groups excluding carboxylic acids is 2. The Labute approximate surface area is 200 Å². The Kier molecular flexibility index (Phi) is 5.37. The van der Waals surface area contributed by atoms with E-state index in [9.17, 15) is 9.59 Å². The summed E-state index contributed by atoms with van der Waals surface area (Å²) in [6.07, 6.45) is 6.52. The summed E-state index contributed by atoms with van der Waals surface area (Å²) in [7, 11) is 0. The number of amides is 2. The van der Waals surface area contributed by atoms with E-state index in [2.05, 4.69) is 39.0 Å². The first-order chi connectivity index (χ1) is 16.6. The molecule has 34 heavy (non-hydrogen) atoms. The lowest BCUT2D eigenvalue weighted by Crippen LogP contribution is -2.49. The van der Waals surface area contributed by atoms with E-state index in [0.29, 0.717) is 24.7 Å². The number of rotatable bonds is 4. The molecule has 1 unspecified atom stereocenters. The minimum Gasteiger partial charge on any atom is -0.340 e. The molecule has 7 heteroatoms. The number of imidazole rings is 1. The molecule has 7 nitrogen and oxygen atoms in total. The number of aromatic nitrogens is 2. The molecule has 1 atom stereocenters. The van der Waals surface area contributed by atoms with Crippen molar-refractivity contribution < 1.29 is 9.59 Å². The van der Waals surface area contributed by atoms with E-state index in [0.717, 1.165) is 57.6 Å². The van der Waals surface area contributed by atoms with Crippen LogP contribution < -0.4 is 0 Å². The topological polar surface area (TPSA) is 61.2 Å². The van der Waals surface area contributed by atoms with Crippen LogP contribution in [0, 0.1) is 11.3 Å². The molecule has 0 N–H and O–H groups in total. The molecule has 3 aliphatic rings. The predicted octanol–water partition coefficient (Wildman–Crippen LogP) is 2.92. The third kappa shape index (κ3) is 3.98. The molecule has 6 rings (SSSR count). The van der Waals surface area contributed by atoms with Crippen LogP contribution in [0.5, 0.6) is 0 Å². The average molecular weight is 458 g/mol. The zero-order chi connectivity index (χ0) is 23.1. The molecule has 1 aliphatic carbocycles. The monoisotopic (exact) mass is 457 g/mol. The van der Waals surface area contributed by atoms with Gasteiger partial charge in [-0.1, -0.05) is 36.4 Å². The third-order valence-corrected chi connectivity index (χ3v) is 8.05. The van der Waals surface area contributed by atoms with Crippen LogP contribution in [0.15, 0.2) is 60.9 Å². The number of carbonyl (C=O) groups is 2. The molecule has 3 aromatic rings. The SMILES string of the molecule is O=C(c1cn2ccccc2n1)N1CCC2(CC1)CC2C(=O)N1CCN(Cc2ccccc2)CC1. The van der Waals surface area contributed by atoms with Crippen molar-refractivity contribution >= 4 is 17.5 Å². The third-order valence-electron chi connectivity index (χ3n) is 8.05. The van der Waals surface area contributed by atoms with Gasteiger partial charge < -0.3 is 14.2 Å². The summed E-state index contributed by atoms with van der Waals surface area (Å²) < 4.78 is 1.88. The summed E-state index contributed by atoms with van der Waals surface area (Å²) in [5.74, 6) is 0.469. The van der Waals surface area contributed by atoms with Crippen molar-refractivity contribution in [3.8, 4) is 0 Å². The quantitative estimate of drug-likeness (QED) is 0.605. The second kappa shape index (κ2) is 8.55. The summed E-state index contributed by atoms with van der Waals surface area (Å²) in [5.41, 5.74) is 2.72. The van der Waals surface area contributed by atoms with E-state index in [1.165, 1.54) is 5.56 Å². The Bertz CT molecular complexity index is 1160. The molecule has 0 radical (unpaired) electrons. The molecule has 1 saturated carbocycles. The molecule has 2 amide bonds. The molecule has 1 spiro atoms. The Balaban J connectivity index is 1.00. The van der Waals surface area contributed by atoms with Crippen molar-refractivity contribution in [3.63, 3.8) is 0 Å². The van der Waals surface area contributed by atoms with E-state index in [1.54, 1.807) is 0 Å². The van der Waals surface area contributed by atoms with Gasteiger partial charge in [-0.05, 0) is 42.4 Å². The van der Waals surface area contributed by atoms with Crippen molar-refractivity contribution in [1.82, 2.24) is 24.1 Å². The van der Waals surface area contributed by atoms with Gasteiger partial charge in [0.15, 0.2) is 0 Å². The maximum absolute atomic E-state index is 13.2. The van der Waals surface area contributed by atoms with Crippen molar-refractivity contribution in [2.75, 3.05) is 39.3 Å². The van der Waals surface area contributed by atoms with Crippen molar-refractivity contribution in [1.29, 1.82) is 0 Å². The summed E-state index contributed by atoms with van der Waals surface area (Å²) in [6, 6.07) is 16.3. The van der Waals surface area contributed by atoms with Gasteiger partial charge >= 0.3 is 0 Å². The fourth-order valence-electron chi connectivity index (χ4n) is 5.79. The fraction of sp³-hybridized carbons (Fsp3) is 0.444. The lowest BCUT2D eigenvalue weighted by Gasteiger charge is -2.36. The van der Waals surface area contributed by atoms with Gasteiger partial charge in [-0.2, -0.15) is 0 Å². The van der Waals surface area contributed by atoms with E-state index < -0.39 is 0 Å². The second-order valence-electron chi connectivity index (χ2n) is 10.1. The summed E-state index contributed by atoms with van der Waals surface area (Å²) in [4.78, 5) is 37.2. The minimum absolute atomic E-state index is 0.00313. The van der Waals surface area contributed by atoms with E-state index >= 15 is 0 Å². The molecular formula is C27H31N5O2. The molecule has 2 aliphatic heterocycles. The highest BCUT2D eigenvalue weighted by Gasteiger charge is 2.59. The van der Waals surface area contributed by atoms with Gasteiger partial charge in [-0.25, -0.2) is 4.98 Å². The maximum Gasteiger partial charge on any atom is 0.274 e. The number of hydrogen-bond donors (Lipinski definition) is 0. The summed E-state index contributed by atoms with van der Waals surface area (Å²) in [5, 5.41) is 0. The van der Waals surface area contributed by atoms with Crippen LogP contribution in [-0.2, 0) is 11.3 Å². The van der Waals surface area contributed by atoms with Crippen LogP contribution in [-0.4, -0.2) is 75.2 Å². The number of likely N-dealkylation sites (tertiary alicyclic amines) is 1. The van der Waals surface area contributed by atoms with Crippen molar-refractivity contribution in [3.05, 3.63) is 72.2 Å². The fourth-order valence-corrected chi connectivity index (χ4v) is 5.79. The normalized spacial score (nSPS) is 22.3. The number of hydrogen-bond acceptors (Lipinski definition) is 4. The van der Waals surface area contributed by atoms with Crippen molar-refractivity contribution in [2.24, 2.45) is 11.3 Å². The molecular weight excluding hydrogens is 426 g/mol. The van der Waals surface area contributed by atoms with Gasteiger partial charge in [0.05, 0.1) is 0 Å². The molecule has 4 heterocycles. The number of benzene rings is 1. The smallest absolute Gasteiger partial charge is 0.274 e. The van der Waals surface area contributed by atoms with Gasteiger partial charge in [0.2, 0.25) is 5.91 Å². The molecule has 176 valence electrons. The Morgan fingerprint density at radius 1 is 0.882 bits per heavy atom. The molecule has 3 fully saturated rings. The predicted molar refractivity (Wildman–Crippen MR) is 129 cm³/mol. The van der Waals surface area contributed by atoms with Crippen LogP contribution in [0.2, 0.25) is 0 Å². The van der Waals surface area contributed by atoms with E-state index in [4.69, 9.17) is 0 Å². The molecule has 2 saturated heterocycles. The van der Waals surface area contributed by atoms with Crippen LogP contribution in [0.3, 0.4) is 0 Å². The maximum atomic E-state index is 13.2. The Morgan fingerprint density at radius 3 is 2.35 bits per heavy atom. The highest BCUT2D eigenvalue weighted by molar-refractivity contribution is 5.93. The first-order valence-corrected chi connectivity index (χ1v) is 12.4. The standard InChI is InChI=1S/C27H31N5O2/c33-25(31-16-14-29(15-17-31)19-21-6-2-1-3-7-21)22-18-27(22)9-12-30(13-10-27)26(34)23-20-32-11-5-4-8-24(32)28-23/h1-8,11,20,22H,9-10,12-19H2. The van der Waals surface area contributed by atoms with E-state index in [1.807, 2.05) is 46.0 Å². The number of piperidine rings is 1. The Hall–Kier alpha value is -3.19. The van der Waals surface area contributed by atoms with Gasteiger partial charge in [0.25, 0.3) is 5.91 Å². The van der Waals surface area contributed by atoms with Crippen LogP contribution >= 0.6 is 0 Å². The number of pyridine rings is 1. The summed E-state index contributed by atoms with van der Waals surface area (Å²) in [6.45, 7) is 5.87. The van der Waals surface area contributed by atoms with Crippen LogP contribution in [0.1, 0.15) is 35.3 Å². The largest absolute Gasteiger partial charge is 0.340 e. The van der Waals surface area contributed by atoms with Crippen LogP contribution in [0.4, 0.5) is 0 Å². The molecule has 1 aromatic carbocycles. The van der Waals surface area contributed by atoms with Gasteiger partial charge in [0, 0.05) is 64.1 Å². The lowest BCUT2D eigenvalue weighted by atomic mass is 9.90. The van der Waals surface area contributed by atoms with Crippen molar-refractivity contribution in [2.45, 2.75) is 25.8 Å². The Morgan fingerprint density at radius 2 is 1.62 bits per heavy atom. The minimum atomic E-state index is -0.00313. The first-order valence-electron chi connectivity index (χ1n) is 12.4. The van der Waals surface area contributed by atoms with Gasteiger partial charge in [-0.15, -0.1) is 0 Å². The zero-order valence-corrected chi connectivity index (χ0v) is 19.5. The number of fused-ring (bicyclic) bond motifs is 1. The highest BCUT2D eigenvalue weighted by atomic mass is 16.2. The van der Waals surface area contributed by atoms with Gasteiger partial charge in [0.1, 0.15) is 11.3 Å². The van der Waals surface area contributed by atoms with Crippen LogP contribution in [0.25, 0.3) is 5.65 Å². The molecule has 2 aromatic heterocycles. The lowest BCUT2D eigenvalue weighted by molar-refractivity contribution is -0.135. The number of piperazine rings is 1. The second-order valence-corrected chi connectivity index (χ2v) is 10.1. The zero-order valence-electron chi connectivity index (χ0n) is 19.5.